The van der Waals surface area contributed by atoms with E-state index in [0.717, 1.165) is 11.1 Å². The van der Waals surface area contributed by atoms with Crippen LogP contribution in [0.15, 0.2) is 36.9 Å². The lowest BCUT2D eigenvalue weighted by molar-refractivity contribution is -0.110. The Balaban J connectivity index is 2.88. The first-order valence-corrected chi connectivity index (χ1v) is 4.27. The molecule has 1 aromatic rings. The first-order valence-electron chi connectivity index (χ1n) is 4.27. The summed E-state index contributed by atoms with van der Waals surface area (Å²) in [5.74, 6) is 0.132. The lowest BCUT2D eigenvalue weighted by Gasteiger charge is -1.98. The normalized spacial score (nSPS) is 10.4. The van der Waals surface area contributed by atoms with Gasteiger partial charge >= 0.3 is 0 Å². The molecule has 1 N–H and O–H groups in total. The quantitative estimate of drug-likeness (QED) is 0.740. The SMILES string of the molecule is C=CC(=O)/C=C/c1ccc(O)c(C)c1. The summed E-state index contributed by atoms with van der Waals surface area (Å²) in [6.07, 6.45) is 4.39. The number of hydrogen-bond donors (Lipinski definition) is 1. The van der Waals surface area contributed by atoms with E-state index in [9.17, 15) is 9.90 Å². The predicted octanol–water partition coefficient (Wildman–Crippen LogP) is 2.47. The van der Waals surface area contributed by atoms with Crippen LogP contribution in [0.1, 0.15) is 11.1 Å². The standard InChI is InChI=1S/C12H12O2/c1-3-11(13)6-4-10-5-7-12(14)9(2)8-10/h3-8,14H,1H2,2H3/b6-4+. The Morgan fingerprint density at radius 2 is 2.21 bits per heavy atom. The molecule has 0 heterocycles. The van der Waals surface area contributed by atoms with Gasteiger partial charge in [-0.1, -0.05) is 18.7 Å². The summed E-state index contributed by atoms with van der Waals surface area (Å²) in [6, 6.07) is 5.16. The molecule has 1 aromatic carbocycles. The zero-order valence-electron chi connectivity index (χ0n) is 8.03. The van der Waals surface area contributed by atoms with Crippen LogP contribution in [-0.2, 0) is 4.79 Å². The van der Waals surface area contributed by atoms with Crippen LogP contribution in [0, 0.1) is 6.92 Å². The number of aryl methyl sites for hydroxylation is 1. The average molecular weight is 188 g/mol. The van der Waals surface area contributed by atoms with Crippen LogP contribution in [0.3, 0.4) is 0 Å². The summed E-state index contributed by atoms with van der Waals surface area (Å²) in [4.78, 5) is 10.9. The van der Waals surface area contributed by atoms with Gasteiger partial charge in [0.15, 0.2) is 5.78 Å². The second-order valence-electron chi connectivity index (χ2n) is 2.99. The van der Waals surface area contributed by atoms with Gasteiger partial charge in [-0.3, -0.25) is 4.79 Å². The second kappa shape index (κ2) is 4.42. The van der Waals surface area contributed by atoms with Crippen LogP contribution >= 0.6 is 0 Å². The van der Waals surface area contributed by atoms with Crippen molar-refractivity contribution < 1.29 is 9.90 Å². The summed E-state index contributed by atoms with van der Waals surface area (Å²) in [5, 5.41) is 9.26. The first kappa shape index (κ1) is 10.3. The largest absolute Gasteiger partial charge is 0.508 e. The molecule has 14 heavy (non-hydrogen) atoms. The van der Waals surface area contributed by atoms with E-state index in [2.05, 4.69) is 6.58 Å². The van der Waals surface area contributed by atoms with Crippen LogP contribution < -0.4 is 0 Å². The molecule has 0 aliphatic carbocycles. The maximum Gasteiger partial charge on any atom is 0.178 e. The monoisotopic (exact) mass is 188 g/mol. The van der Waals surface area contributed by atoms with Crippen molar-refractivity contribution in [2.75, 3.05) is 0 Å². The Hall–Kier alpha value is -1.83. The highest BCUT2D eigenvalue weighted by Gasteiger charge is 1.95. The molecular formula is C12H12O2. The molecule has 1 rings (SSSR count). The Bertz CT molecular complexity index is 389. The Labute approximate surface area is 83.2 Å². The number of ketones is 1. The van der Waals surface area contributed by atoms with E-state index in [-0.39, 0.29) is 11.5 Å². The molecule has 0 aromatic heterocycles. The van der Waals surface area contributed by atoms with Crippen molar-refractivity contribution in [3.05, 3.63) is 48.1 Å². The number of carbonyl (C=O) groups excluding carboxylic acids is 1. The van der Waals surface area contributed by atoms with Gasteiger partial charge in [0.05, 0.1) is 0 Å². The molecule has 0 bridgehead atoms. The lowest BCUT2D eigenvalue weighted by atomic mass is 10.1. The minimum Gasteiger partial charge on any atom is -0.508 e. The Kier molecular flexibility index (Phi) is 3.24. The Morgan fingerprint density at radius 1 is 1.50 bits per heavy atom. The molecule has 2 nitrogen and oxygen atoms in total. The van der Waals surface area contributed by atoms with Gasteiger partial charge in [0.25, 0.3) is 0 Å². The van der Waals surface area contributed by atoms with Gasteiger partial charge in [-0.25, -0.2) is 0 Å². The molecular weight excluding hydrogens is 176 g/mol. The van der Waals surface area contributed by atoms with Crippen molar-refractivity contribution >= 4 is 11.9 Å². The van der Waals surface area contributed by atoms with Crippen molar-refractivity contribution in [3.63, 3.8) is 0 Å². The van der Waals surface area contributed by atoms with Gasteiger partial charge in [0.1, 0.15) is 5.75 Å². The van der Waals surface area contributed by atoms with Crippen molar-refractivity contribution in [1.29, 1.82) is 0 Å². The molecule has 0 saturated carbocycles. The number of carbonyl (C=O) groups is 1. The maximum absolute atomic E-state index is 10.9. The fourth-order valence-corrected chi connectivity index (χ4v) is 1.03. The number of phenols is 1. The molecule has 0 fully saturated rings. The zero-order valence-corrected chi connectivity index (χ0v) is 8.03. The molecule has 0 spiro atoms. The highest BCUT2D eigenvalue weighted by atomic mass is 16.3. The third kappa shape index (κ3) is 2.59. The summed E-state index contributed by atoms with van der Waals surface area (Å²) < 4.78 is 0. The molecule has 0 radical (unpaired) electrons. The fraction of sp³-hybridized carbons (Fsp3) is 0.0833. The Morgan fingerprint density at radius 3 is 2.79 bits per heavy atom. The van der Waals surface area contributed by atoms with Crippen LogP contribution in [0.4, 0.5) is 0 Å². The molecule has 2 heteroatoms. The number of hydrogen-bond acceptors (Lipinski definition) is 2. The average Bonchev–Trinajstić information content (AvgIpc) is 2.19. The third-order valence-corrected chi connectivity index (χ3v) is 1.86. The minimum absolute atomic E-state index is 0.129. The van der Waals surface area contributed by atoms with Crippen LogP contribution in [0.2, 0.25) is 0 Å². The minimum atomic E-state index is -0.129. The maximum atomic E-state index is 10.9. The van der Waals surface area contributed by atoms with Crippen molar-refractivity contribution in [3.8, 4) is 5.75 Å². The van der Waals surface area contributed by atoms with E-state index in [1.165, 1.54) is 12.2 Å². The highest BCUT2D eigenvalue weighted by Crippen LogP contribution is 2.17. The molecule has 0 aliphatic heterocycles. The van der Waals surface area contributed by atoms with E-state index in [1.807, 2.05) is 13.0 Å². The predicted molar refractivity (Wildman–Crippen MR) is 57.1 cm³/mol. The van der Waals surface area contributed by atoms with Crippen LogP contribution in [0.5, 0.6) is 5.75 Å². The van der Waals surface area contributed by atoms with Gasteiger partial charge in [-0.15, -0.1) is 0 Å². The van der Waals surface area contributed by atoms with Crippen LogP contribution in [0.25, 0.3) is 6.08 Å². The zero-order chi connectivity index (χ0) is 10.6. The summed E-state index contributed by atoms with van der Waals surface area (Å²) >= 11 is 0. The lowest BCUT2D eigenvalue weighted by Crippen LogP contribution is -1.83. The molecule has 0 atom stereocenters. The molecule has 0 saturated heterocycles. The van der Waals surface area contributed by atoms with E-state index in [4.69, 9.17) is 0 Å². The number of allylic oxidation sites excluding steroid dienone is 2. The first-order chi connectivity index (χ1) is 6.63. The third-order valence-electron chi connectivity index (χ3n) is 1.86. The van der Waals surface area contributed by atoms with Gasteiger partial charge in [0, 0.05) is 0 Å². The van der Waals surface area contributed by atoms with E-state index in [1.54, 1.807) is 18.2 Å². The second-order valence-corrected chi connectivity index (χ2v) is 2.99. The van der Waals surface area contributed by atoms with E-state index < -0.39 is 0 Å². The van der Waals surface area contributed by atoms with E-state index >= 15 is 0 Å². The molecule has 0 aliphatic rings. The number of phenolic OH excluding ortho intramolecular Hbond substituents is 1. The van der Waals surface area contributed by atoms with Gasteiger partial charge in [0.2, 0.25) is 0 Å². The van der Waals surface area contributed by atoms with Crippen molar-refractivity contribution in [2.24, 2.45) is 0 Å². The van der Waals surface area contributed by atoms with Gasteiger partial charge in [-0.2, -0.15) is 0 Å². The smallest absolute Gasteiger partial charge is 0.178 e. The molecule has 0 amide bonds. The van der Waals surface area contributed by atoms with Crippen molar-refractivity contribution in [2.45, 2.75) is 6.92 Å². The number of benzene rings is 1. The van der Waals surface area contributed by atoms with E-state index in [0.29, 0.717) is 0 Å². The number of aromatic hydroxyl groups is 1. The summed E-state index contributed by atoms with van der Waals surface area (Å²) in [5.41, 5.74) is 1.67. The van der Waals surface area contributed by atoms with Gasteiger partial charge in [-0.05, 0) is 42.3 Å². The van der Waals surface area contributed by atoms with Gasteiger partial charge < -0.3 is 5.11 Å². The highest BCUT2D eigenvalue weighted by molar-refractivity contribution is 6.01. The molecule has 72 valence electrons. The number of rotatable bonds is 3. The van der Waals surface area contributed by atoms with Crippen molar-refractivity contribution in [1.82, 2.24) is 0 Å². The van der Waals surface area contributed by atoms with Crippen LogP contribution in [-0.4, -0.2) is 10.9 Å². The topological polar surface area (TPSA) is 37.3 Å². The molecule has 0 unspecified atom stereocenters. The summed E-state index contributed by atoms with van der Waals surface area (Å²) in [6.45, 7) is 5.17. The summed E-state index contributed by atoms with van der Waals surface area (Å²) in [7, 11) is 0. The fourth-order valence-electron chi connectivity index (χ4n) is 1.03.